The molecule has 0 bridgehead atoms. The summed E-state index contributed by atoms with van der Waals surface area (Å²) in [6.07, 6.45) is 0. The van der Waals surface area contributed by atoms with E-state index < -0.39 is 0 Å². The maximum absolute atomic E-state index is 12.1. The monoisotopic (exact) mass is 383 g/mol. The Balaban J connectivity index is 1.81. The predicted octanol–water partition coefficient (Wildman–Crippen LogP) is 4.86. The molecule has 0 radical (unpaired) electrons. The van der Waals surface area contributed by atoms with Gasteiger partial charge in [-0.1, -0.05) is 77.9 Å². The van der Waals surface area contributed by atoms with Gasteiger partial charge < -0.3 is 14.8 Å². The van der Waals surface area contributed by atoms with Gasteiger partial charge in [0.15, 0.2) is 6.61 Å². The molecule has 0 spiro atoms. The third kappa shape index (κ3) is 6.29. The molecule has 0 saturated carbocycles. The van der Waals surface area contributed by atoms with Crippen molar-refractivity contribution in [2.45, 2.75) is 52.4 Å². The summed E-state index contributed by atoms with van der Waals surface area (Å²) in [5, 5.41) is 2.85. The van der Waals surface area contributed by atoms with E-state index in [-0.39, 0.29) is 23.3 Å². The smallest absolute Gasteiger partial charge is 0.258 e. The van der Waals surface area contributed by atoms with Crippen molar-refractivity contribution in [2.24, 2.45) is 0 Å². The molecule has 0 aliphatic heterocycles. The molecule has 0 heterocycles. The topological polar surface area (TPSA) is 47.6 Å². The number of carbonyl (C=O) groups is 1. The summed E-state index contributed by atoms with van der Waals surface area (Å²) in [7, 11) is 0. The molecule has 0 unspecified atom stereocenters. The van der Waals surface area contributed by atoms with Crippen LogP contribution in [0.2, 0.25) is 0 Å². The zero-order valence-corrected chi connectivity index (χ0v) is 18.0. The van der Waals surface area contributed by atoms with Crippen LogP contribution >= 0.6 is 0 Å². The van der Waals surface area contributed by atoms with Crippen molar-refractivity contribution < 1.29 is 14.3 Å². The zero-order valence-electron chi connectivity index (χ0n) is 18.0. The third-order valence-electron chi connectivity index (χ3n) is 4.43. The van der Waals surface area contributed by atoms with Crippen LogP contribution in [-0.4, -0.2) is 25.7 Å². The average Bonchev–Trinajstić information content (AvgIpc) is 2.62. The highest BCUT2D eigenvalue weighted by atomic mass is 16.5. The van der Waals surface area contributed by atoms with Crippen molar-refractivity contribution in [3.8, 4) is 11.5 Å². The molecule has 0 saturated heterocycles. The van der Waals surface area contributed by atoms with Crippen molar-refractivity contribution in [2.75, 3.05) is 19.8 Å². The first kappa shape index (κ1) is 21.8. The molecule has 0 aliphatic rings. The second kappa shape index (κ2) is 9.13. The van der Waals surface area contributed by atoms with Gasteiger partial charge in [0, 0.05) is 0 Å². The van der Waals surface area contributed by atoms with Gasteiger partial charge >= 0.3 is 0 Å². The average molecular weight is 384 g/mol. The fraction of sp³-hybridized carbons (Fsp3) is 0.458. The number of hydrogen-bond donors (Lipinski definition) is 1. The molecule has 0 atom stereocenters. The fourth-order valence-electron chi connectivity index (χ4n) is 2.97. The van der Waals surface area contributed by atoms with Crippen LogP contribution in [0.3, 0.4) is 0 Å². The van der Waals surface area contributed by atoms with E-state index in [1.807, 2.05) is 42.5 Å². The number of carbonyl (C=O) groups excluding carboxylic acids is 1. The van der Waals surface area contributed by atoms with Crippen LogP contribution in [-0.2, 0) is 15.6 Å². The van der Waals surface area contributed by atoms with E-state index in [9.17, 15) is 4.79 Å². The summed E-state index contributed by atoms with van der Waals surface area (Å²) in [5.41, 5.74) is 2.21. The molecule has 0 aliphatic carbocycles. The highest BCUT2D eigenvalue weighted by molar-refractivity contribution is 5.77. The maximum atomic E-state index is 12.1. The molecule has 2 aromatic carbocycles. The normalized spacial score (nSPS) is 11.8. The van der Waals surface area contributed by atoms with Crippen LogP contribution in [0.1, 0.15) is 52.7 Å². The summed E-state index contributed by atoms with van der Waals surface area (Å²) in [5.74, 6) is 1.46. The van der Waals surface area contributed by atoms with Gasteiger partial charge in [-0.15, -0.1) is 0 Å². The predicted molar refractivity (Wildman–Crippen MR) is 114 cm³/mol. The number of nitrogens with one attached hydrogen (secondary N) is 1. The molecule has 1 N–H and O–H groups in total. The molecule has 2 rings (SSSR count). The number of rotatable bonds is 7. The second-order valence-corrected chi connectivity index (χ2v) is 8.98. The van der Waals surface area contributed by atoms with Crippen LogP contribution in [0.25, 0.3) is 0 Å². The Morgan fingerprint density at radius 1 is 0.786 bits per heavy atom. The number of para-hydroxylation sites is 2. The lowest BCUT2D eigenvalue weighted by Crippen LogP contribution is -2.32. The summed E-state index contributed by atoms with van der Waals surface area (Å²) >= 11 is 0. The maximum Gasteiger partial charge on any atom is 0.258 e. The van der Waals surface area contributed by atoms with E-state index in [1.165, 1.54) is 0 Å². The molecule has 4 nitrogen and oxygen atoms in total. The molecule has 152 valence electrons. The molecule has 1 amide bonds. The SMILES string of the molecule is CC(C)(C)c1ccccc1OCCNC(=O)COc1ccccc1C(C)(C)C. The van der Waals surface area contributed by atoms with Gasteiger partial charge in [0.1, 0.15) is 18.1 Å². The Hall–Kier alpha value is -2.49. The fourth-order valence-corrected chi connectivity index (χ4v) is 2.97. The van der Waals surface area contributed by atoms with E-state index in [0.29, 0.717) is 13.2 Å². The largest absolute Gasteiger partial charge is 0.491 e. The van der Waals surface area contributed by atoms with Crippen LogP contribution in [0.5, 0.6) is 11.5 Å². The van der Waals surface area contributed by atoms with E-state index >= 15 is 0 Å². The minimum Gasteiger partial charge on any atom is -0.491 e. The van der Waals surface area contributed by atoms with Crippen molar-refractivity contribution >= 4 is 5.91 Å². The molecular weight excluding hydrogens is 350 g/mol. The van der Waals surface area contributed by atoms with Gasteiger partial charge in [-0.3, -0.25) is 4.79 Å². The Bertz CT molecular complexity index is 785. The van der Waals surface area contributed by atoms with Crippen LogP contribution in [0, 0.1) is 0 Å². The first-order chi connectivity index (χ1) is 13.1. The highest BCUT2D eigenvalue weighted by Crippen LogP contribution is 2.31. The standard InChI is InChI=1S/C24H33NO3/c1-23(2,3)18-11-7-9-13-20(18)27-16-15-25-22(26)17-28-21-14-10-8-12-19(21)24(4,5)6/h7-14H,15-17H2,1-6H3,(H,25,26). The summed E-state index contributed by atoms with van der Waals surface area (Å²) in [6, 6.07) is 15.9. The summed E-state index contributed by atoms with van der Waals surface area (Å²) < 4.78 is 11.6. The van der Waals surface area contributed by atoms with E-state index in [2.05, 4.69) is 52.9 Å². The van der Waals surface area contributed by atoms with Gasteiger partial charge in [-0.2, -0.15) is 0 Å². The van der Waals surface area contributed by atoms with Crippen molar-refractivity contribution in [1.82, 2.24) is 5.32 Å². The van der Waals surface area contributed by atoms with Gasteiger partial charge in [0.05, 0.1) is 6.54 Å². The highest BCUT2D eigenvalue weighted by Gasteiger charge is 2.19. The minimum atomic E-state index is -0.156. The van der Waals surface area contributed by atoms with Crippen molar-refractivity contribution in [3.05, 3.63) is 59.7 Å². The Labute approximate surface area is 169 Å². The van der Waals surface area contributed by atoms with Crippen LogP contribution < -0.4 is 14.8 Å². The zero-order chi connectivity index (χ0) is 20.8. The minimum absolute atomic E-state index is 0.00806. The van der Waals surface area contributed by atoms with Crippen molar-refractivity contribution in [3.63, 3.8) is 0 Å². The van der Waals surface area contributed by atoms with E-state index in [0.717, 1.165) is 22.6 Å². The van der Waals surface area contributed by atoms with E-state index in [1.54, 1.807) is 0 Å². The lowest BCUT2D eigenvalue weighted by molar-refractivity contribution is -0.123. The lowest BCUT2D eigenvalue weighted by atomic mass is 9.86. The molecule has 2 aromatic rings. The van der Waals surface area contributed by atoms with Crippen LogP contribution in [0.4, 0.5) is 0 Å². The van der Waals surface area contributed by atoms with Gasteiger partial charge in [-0.25, -0.2) is 0 Å². The molecule has 0 aromatic heterocycles. The van der Waals surface area contributed by atoms with Crippen LogP contribution in [0.15, 0.2) is 48.5 Å². The first-order valence-corrected chi connectivity index (χ1v) is 9.80. The molecular formula is C24H33NO3. The number of benzene rings is 2. The summed E-state index contributed by atoms with van der Waals surface area (Å²) in [4.78, 5) is 12.1. The van der Waals surface area contributed by atoms with Gasteiger partial charge in [0.2, 0.25) is 0 Å². The number of ether oxygens (including phenoxy) is 2. The number of hydrogen-bond acceptors (Lipinski definition) is 3. The second-order valence-electron chi connectivity index (χ2n) is 8.98. The lowest BCUT2D eigenvalue weighted by Gasteiger charge is -2.23. The third-order valence-corrected chi connectivity index (χ3v) is 4.43. The molecule has 4 heteroatoms. The Morgan fingerprint density at radius 2 is 1.25 bits per heavy atom. The quantitative estimate of drug-likeness (QED) is 0.695. The van der Waals surface area contributed by atoms with Gasteiger partial charge in [-0.05, 0) is 34.1 Å². The Kier molecular flexibility index (Phi) is 7.11. The van der Waals surface area contributed by atoms with Gasteiger partial charge in [0.25, 0.3) is 5.91 Å². The molecule has 0 fully saturated rings. The van der Waals surface area contributed by atoms with Crippen molar-refractivity contribution in [1.29, 1.82) is 0 Å². The summed E-state index contributed by atoms with van der Waals surface area (Å²) in [6.45, 7) is 13.7. The molecule has 28 heavy (non-hydrogen) atoms. The Morgan fingerprint density at radius 3 is 1.75 bits per heavy atom. The first-order valence-electron chi connectivity index (χ1n) is 9.80. The number of amides is 1. The van der Waals surface area contributed by atoms with E-state index in [4.69, 9.17) is 9.47 Å².